The van der Waals surface area contributed by atoms with E-state index in [0.717, 1.165) is 22.3 Å². The van der Waals surface area contributed by atoms with Gasteiger partial charge in [0, 0.05) is 31.6 Å². The van der Waals surface area contributed by atoms with E-state index in [1.165, 1.54) is 0 Å². The molecular weight excluding hydrogens is 464 g/mol. The van der Waals surface area contributed by atoms with E-state index >= 15 is 0 Å². The first-order valence-electron chi connectivity index (χ1n) is 12.9. The number of carbonyl (C=O) groups is 2. The molecule has 0 unspecified atom stereocenters. The molecule has 0 saturated heterocycles. The number of aliphatic hydroxyl groups is 1. The molecule has 4 rings (SSSR count). The summed E-state index contributed by atoms with van der Waals surface area (Å²) in [5, 5.41) is 9.99. The maximum Gasteiger partial charge on any atom is 0.254 e. The van der Waals surface area contributed by atoms with E-state index in [1.807, 2.05) is 92.7 Å². The maximum absolute atomic E-state index is 13.9. The Morgan fingerprint density at radius 1 is 1.00 bits per heavy atom. The second-order valence-corrected chi connectivity index (χ2v) is 9.96. The van der Waals surface area contributed by atoms with Gasteiger partial charge in [-0.25, -0.2) is 0 Å². The molecule has 0 spiro atoms. The van der Waals surface area contributed by atoms with Crippen LogP contribution in [0.1, 0.15) is 35.3 Å². The Labute approximate surface area is 219 Å². The van der Waals surface area contributed by atoms with Crippen LogP contribution in [-0.4, -0.2) is 65.6 Å². The van der Waals surface area contributed by atoms with Crippen molar-refractivity contribution in [3.8, 4) is 11.1 Å². The number of aliphatic hydroxyl groups excluding tert-OH is 1. The van der Waals surface area contributed by atoms with Crippen molar-refractivity contribution in [3.63, 3.8) is 0 Å². The number of rotatable bonds is 6. The Hall–Kier alpha value is -3.48. The quantitative estimate of drug-likeness (QED) is 0.544. The minimum Gasteiger partial charge on any atom is -0.394 e. The molecule has 1 N–H and O–H groups in total. The average Bonchev–Trinajstić information content (AvgIpc) is 2.94. The summed E-state index contributed by atoms with van der Waals surface area (Å²) >= 11 is 0. The molecule has 3 aromatic rings. The summed E-state index contributed by atoms with van der Waals surface area (Å²) in [5.74, 6) is -0.184. The summed E-state index contributed by atoms with van der Waals surface area (Å²) in [4.78, 5) is 30.3. The highest BCUT2D eigenvalue weighted by Crippen LogP contribution is 2.31. The lowest BCUT2D eigenvalue weighted by Crippen LogP contribution is -2.47. The van der Waals surface area contributed by atoms with Crippen molar-refractivity contribution in [2.45, 2.75) is 39.0 Å². The second kappa shape index (κ2) is 12.2. The van der Waals surface area contributed by atoms with E-state index in [2.05, 4.69) is 0 Å². The van der Waals surface area contributed by atoms with E-state index in [0.29, 0.717) is 31.7 Å². The molecule has 0 aromatic heterocycles. The van der Waals surface area contributed by atoms with Crippen LogP contribution < -0.4 is 0 Å². The van der Waals surface area contributed by atoms with Crippen LogP contribution >= 0.6 is 0 Å². The number of benzene rings is 3. The number of likely N-dealkylation sites (N-methyl/N-ethyl adjacent to an activating group) is 1. The maximum atomic E-state index is 13.9. The third-order valence-corrected chi connectivity index (χ3v) is 7.17. The number of fused-ring (bicyclic) bond motifs is 3. The van der Waals surface area contributed by atoms with E-state index in [1.54, 1.807) is 16.8 Å². The highest BCUT2D eigenvalue weighted by molar-refractivity contribution is 6.01. The standard InChI is InChI=1S/C31H36N2O4/c1-22-18-33(23(2)20-34)31(36)28-16-10-9-15-27(28)26-14-8-7-13-25(26)21-37-29(22)19-32(3)30(35)17-24-11-5-4-6-12-24/h4-16,22-23,29,34H,17-21H2,1-3H3/t22-,23+,29-/m1/s1. The number of carbonyl (C=O) groups excluding carboxylic acids is 2. The van der Waals surface area contributed by atoms with Crippen LogP contribution in [0.5, 0.6) is 0 Å². The highest BCUT2D eigenvalue weighted by Gasteiger charge is 2.31. The molecule has 6 nitrogen and oxygen atoms in total. The predicted octanol–water partition coefficient (Wildman–Crippen LogP) is 4.41. The topological polar surface area (TPSA) is 70.1 Å². The molecule has 0 saturated carbocycles. The molecule has 1 heterocycles. The molecule has 1 aliphatic heterocycles. The van der Waals surface area contributed by atoms with Crippen LogP contribution in [0.3, 0.4) is 0 Å². The van der Waals surface area contributed by atoms with Crippen molar-refractivity contribution in [1.29, 1.82) is 0 Å². The predicted molar refractivity (Wildman–Crippen MR) is 145 cm³/mol. The van der Waals surface area contributed by atoms with Gasteiger partial charge in [0.05, 0.1) is 31.8 Å². The van der Waals surface area contributed by atoms with E-state index < -0.39 is 0 Å². The Balaban J connectivity index is 1.66. The molecule has 194 valence electrons. The first-order chi connectivity index (χ1) is 17.9. The lowest BCUT2D eigenvalue weighted by atomic mass is 9.94. The zero-order chi connectivity index (χ0) is 26.4. The van der Waals surface area contributed by atoms with Crippen LogP contribution in [0.2, 0.25) is 0 Å². The molecule has 0 aliphatic carbocycles. The van der Waals surface area contributed by atoms with Crippen molar-refractivity contribution < 1.29 is 19.4 Å². The molecular formula is C31H36N2O4. The summed E-state index contributed by atoms with van der Waals surface area (Å²) in [7, 11) is 1.80. The van der Waals surface area contributed by atoms with E-state index in [4.69, 9.17) is 4.74 Å². The Morgan fingerprint density at radius 2 is 1.62 bits per heavy atom. The second-order valence-electron chi connectivity index (χ2n) is 9.96. The summed E-state index contributed by atoms with van der Waals surface area (Å²) in [6.07, 6.45) is 0.0168. The van der Waals surface area contributed by atoms with Crippen LogP contribution in [-0.2, 0) is 22.6 Å². The van der Waals surface area contributed by atoms with Gasteiger partial charge in [0.2, 0.25) is 5.91 Å². The van der Waals surface area contributed by atoms with Gasteiger partial charge in [-0.3, -0.25) is 9.59 Å². The molecule has 3 aromatic carbocycles. The molecule has 3 atom stereocenters. The summed E-state index contributed by atoms with van der Waals surface area (Å²) in [5.41, 5.74) is 4.36. The van der Waals surface area contributed by atoms with Crippen molar-refractivity contribution in [2.24, 2.45) is 5.92 Å². The number of amides is 2. The van der Waals surface area contributed by atoms with Crippen LogP contribution in [0, 0.1) is 5.92 Å². The molecule has 0 radical (unpaired) electrons. The lowest BCUT2D eigenvalue weighted by Gasteiger charge is -2.35. The zero-order valence-corrected chi connectivity index (χ0v) is 21.8. The van der Waals surface area contributed by atoms with Gasteiger partial charge < -0.3 is 19.6 Å². The summed E-state index contributed by atoms with van der Waals surface area (Å²) in [6.45, 7) is 4.92. The van der Waals surface area contributed by atoms with Crippen molar-refractivity contribution in [2.75, 3.05) is 26.7 Å². The van der Waals surface area contributed by atoms with E-state index in [-0.39, 0.29) is 36.5 Å². The van der Waals surface area contributed by atoms with Crippen LogP contribution in [0.4, 0.5) is 0 Å². The Kier molecular flexibility index (Phi) is 8.74. The molecule has 0 bridgehead atoms. The zero-order valence-electron chi connectivity index (χ0n) is 21.8. The SMILES string of the molecule is C[C@@H]1CN([C@@H](C)CO)C(=O)c2ccccc2-c2ccccc2CO[C@@H]1CN(C)C(=O)Cc1ccccc1. The normalized spacial score (nSPS) is 18.8. The monoisotopic (exact) mass is 500 g/mol. The fourth-order valence-corrected chi connectivity index (χ4v) is 4.83. The molecule has 37 heavy (non-hydrogen) atoms. The van der Waals surface area contributed by atoms with Gasteiger partial charge in [-0.05, 0) is 35.2 Å². The van der Waals surface area contributed by atoms with Crippen molar-refractivity contribution in [3.05, 3.63) is 95.6 Å². The summed E-state index contributed by atoms with van der Waals surface area (Å²) < 4.78 is 6.50. The van der Waals surface area contributed by atoms with Crippen molar-refractivity contribution in [1.82, 2.24) is 9.80 Å². The first-order valence-corrected chi connectivity index (χ1v) is 12.9. The minimum absolute atomic E-state index is 0.0146. The van der Waals surface area contributed by atoms with Crippen molar-refractivity contribution >= 4 is 11.8 Å². The number of hydrogen-bond acceptors (Lipinski definition) is 4. The first kappa shape index (κ1) is 26.6. The smallest absolute Gasteiger partial charge is 0.254 e. The van der Waals surface area contributed by atoms with E-state index in [9.17, 15) is 14.7 Å². The van der Waals surface area contributed by atoms with Gasteiger partial charge in [0.15, 0.2) is 0 Å². The summed E-state index contributed by atoms with van der Waals surface area (Å²) in [6, 6.07) is 24.9. The van der Waals surface area contributed by atoms with Crippen LogP contribution in [0.15, 0.2) is 78.9 Å². The van der Waals surface area contributed by atoms with Gasteiger partial charge in [-0.1, -0.05) is 79.7 Å². The van der Waals surface area contributed by atoms with Gasteiger partial charge in [0.25, 0.3) is 5.91 Å². The number of ether oxygens (including phenoxy) is 1. The average molecular weight is 501 g/mol. The van der Waals surface area contributed by atoms with Crippen LogP contribution in [0.25, 0.3) is 11.1 Å². The minimum atomic E-state index is -0.364. The highest BCUT2D eigenvalue weighted by atomic mass is 16.5. The van der Waals surface area contributed by atoms with Gasteiger partial charge in [0.1, 0.15) is 0 Å². The Morgan fingerprint density at radius 3 is 2.32 bits per heavy atom. The lowest BCUT2D eigenvalue weighted by molar-refractivity contribution is -0.132. The molecule has 6 heteroatoms. The third-order valence-electron chi connectivity index (χ3n) is 7.17. The van der Waals surface area contributed by atoms with Gasteiger partial charge in [-0.15, -0.1) is 0 Å². The fourth-order valence-electron chi connectivity index (χ4n) is 4.83. The fraction of sp³-hybridized carbons (Fsp3) is 0.355. The number of nitrogens with zero attached hydrogens (tertiary/aromatic N) is 2. The molecule has 2 amide bonds. The van der Waals surface area contributed by atoms with Gasteiger partial charge in [-0.2, -0.15) is 0 Å². The molecule has 1 aliphatic rings. The third kappa shape index (κ3) is 6.27. The largest absolute Gasteiger partial charge is 0.394 e. The molecule has 0 fully saturated rings. The Bertz CT molecular complexity index is 1210. The van der Waals surface area contributed by atoms with Gasteiger partial charge >= 0.3 is 0 Å². The number of hydrogen-bond donors (Lipinski definition) is 1.